The van der Waals surface area contributed by atoms with E-state index in [1.807, 2.05) is 45.0 Å². The van der Waals surface area contributed by atoms with Crippen LogP contribution in [0.3, 0.4) is 0 Å². The van der Waals surface area contributed by atoms with Gasteiger partial charge in [0.05, 0.1) is 26.4 Å². The van der Waals surface area contributed by atoms with Crippen LogP contribution in [0.1, 0.15) is 31.9 Å². The average Bonchev–Trinajstić information content (AvgIpc) is 2.91. The van der Waals surface area contributed by atoms with E-state index in [9.17, 15) is 14.0 Å². The van der Waals surface area contributed by atoms with Gasteiger partial charge in [0.15, 0.2) is 0 Å². The highest BCUT2D eigenvalue weighted by Gasteiger charge is 2.35. The van der Waals surface area contributed by atoms with E-state index in [-0.39, 0.29) is 37.3 Å². The third-order valence-corrected chi connectivity index (χ3v) is 5.42. The summed E-state index contributed by atoms with van der Waals surface area (Å²) in [4.78, 5) is 29.3. The number of benzene rings is 2. The molecule has 0 saturated carbocycles. The third-order valence-electron chi connectivity index (χ3n) is 5.42. The molecular weight excluding hydrogens is 411 g/mol. The number of nitrogens with zero attached hydrogens (tertiary/aromatic N) is 2. The normalized spacial score (nSPS) is 17.3. The van der Waals surface area contributed by atoms with Crippen LogP contribution in [0, 0.1) is 11.2 Å². The Hall–Kier alpha value is -2.93. The molecular formula is C25H31FN2O4. The van der Waals surface area contributed by atoms with E-state index in [0.717, 1.165) is 11.3 Å². The fraction of sp³-hybridized carbons (Fsp3) is 0.440. The molecule has 1 aliphatic rings. The molecule has 0 bridgehead atoms. The summed E-state index contributed by atoms with van der Waals surface area (Å²) in [5.74, 6) is 0.144. The first kappa shape index (κ1) is 23.7. The van der Waals surface area contributed by atoms with Crippen LogP contribution in [0.5, 0.6) is 5.75 Å². The van der Waals surface area contributed by atoms with Crippen LogP contribution < -0.4 is 4.74 Å². The molecule has 1 fully saturated rings. The number of rotatable bonds is 6. The first-order valence-corrected chi connectivity index (χ1v) is 10.7. The van der Waals surface area contributed by atoms with E-state index in [4.69, 9.17) is 9.47 Å². The average molecular weight is 443 g/mol. The molecule has 1 saturated heterocycles. The Balaban J connectivity index is 1.79. The molecule has 1 atom stereocenters. The maximum absolute atomic E-state index is 14.1. The van der Waals surface area contributed by atoms with E-state index in [0.29, 0.717) is 18.7 Å². The molecule has 1 unspecified atom stereocenters. The van der Waals surface area contributed by atoms with Crippen molar-refractivity contribution in [3.05, 3.63) is 65.5 Å². The van der Waals surface area contributed by atoms with Crippen LogP contribution >= 0.6 is 0 Å². The largest absolute Gasteiger partial charge is 0.497 e. The van der Waals surface area contributed by atoms with E-state index >= 15 is 0 Å². The minimum atomic E-state index is -0.623. The number of hydrogen-bond donors (Lipinski definition) is 0. The zero-order chi connectivity index (χ0) is 23.3. The van der Waals surface area contributed by atoms with Gasteiger partial charge in [0.25, 0.3) is 0 Å². The predicted octanol–water partition coefficient (Wildman–Crippen LogP) is 3.64. The Bertz CT molecular complexity index is 940. The predicted molar refractivity (Wildman–Crippen MR) is 119 cm³/mol. The molecule has 1 aliphatic heterocycles. The van der Waals surface area contributed by atoms with Gasteiger partial charge in [-0.1, -0.05) is 51.1 Å². The highest BCUT2D eigenvalue weighted by atomic mass is 19.1. The Kier molecular flexibility index (Phi) is 7.51. The molecule has 7 heteroatoms. The highest BCUT2D eigenvalue weighted by molar-refractivity contribution is 5.87. The van der Waals surface area contributed by atoms with Crippen molar-refractivity contribution in [2.75, 3.05) is 26.7 Å². The van der Waals surface area contributed by atoms with Crippen molar-refractivity contribution in [1.29, 1.82) is 0 Å². The van der Waals surface area contributed by atoms with Gasteiger partial charge in [-0.3, -0.25) is 9.59 Å². The van der Waals surface area contributed by atoms with Crippen molar-refractivity contribution in [2.45, 2.75) is 40.0 Å². The first-order chi connectivity index (χ1) is 15.2. The molecule has 2 aromatic rings. The monoisotopic (exact) mass is 442 g/mol. The maximum Gasteiger partial charge on any atom is 0.242 e. The summed E-state index contributed by atoms with van der Waals surface area (Å²) in [5.41, 5.74) is 0.766. The third kappa shape index (κ3) is 6.07. The van der Waals surface area contributed by atoms with Crippen molar-refractivity contribution >= 4 is 11.8 Å². The zero-order valence-electron chi connectivity index (χ0n) is 19.1. The van der Waals surface area contributed by atoms with Crippen molar-refractivity contribution in [3.8, 4) is 5.75 Å². The fourth-order valence-corrected chi connectivity index (χ4v) is 3.64. The van der Waals surface area contributed by atoms with Crippen molar-refractivity contribution in [2.24, 2.45) is 5.41 Å². The molecule has 2 aromatic carbocycles. The SMILES string of the molecule is COc1ccc(CN2CC(OCc3ccccc3F)CN(C(=O)C(C)(C)C)CC2=O)cc1. The van der Waals surface area contributed by atoms with Crippen LogP contribution in [0.2, 0.25) is 0 Å². The summed E-state index contributed by atoms with van der Waals surface area (Å²) in [6.07, 6.45) is -0.439. The van der Waals surface area contributed by atoms with Crippen LogP contribution in [-0.2, 0) is 27.5 Å². The Labute approximate surface area is 188 Å². The summed E-state index contributed by atoms with van der Waals surface area (Å²) >= 11 is 0. The topological polar surface area (TPSA) is 59.1 Å². The molecule has 0 radical (unpaired) electrons. The molecule has 2 amide bonds. The van der Waals surface area contributed by atoms with Gasteiger partial charge in [-0.25, -0.2) is 4.39 Å². The fourth-order valence-electron chi connectivity index (χ4n) is 3.64. The van der Waals surface area contributed by atoms with Crippen LogP contribution in [0.4, 0.5) is 4.39 Å². The molecule has 32 heavy (non-hydrogen) atoms. The number of carbonyl (C=O) groups excluding carboxylic acids is 2. The van der Waals surface area contributed by atoms with Crippen molar-refractivity contribution in [3.63, 3.8) is 0 Å². The first-order valence-electron chi connectivity index (χ1n) is 10.7. The molecule has 172 valence electrons. The van der Waals surface area contributed by atoms with Gasteiger partial charge in [0, 0.05) is 30.6 Å². The van der Waals surface area contributed by atoms with Gasteiger partial charge in [-0.05, 0) is 23.8 Å². The Morgan fingerprint density at radius 3 is 2.41 bits per heavy atom. The number of carbonyl (C=O) groups is 2. The molecule has 6 nitrogen and oxygen atoms in total. The van der Waals surface area contributed by atoms with Gasteiger partial charge < -0.3 is 19.3 Å². The second-order valence-electron chi connectivity index (χ2n) is 9.08. The van der Waals surface area contributed by atoms with E-state index < -0.39 is 11.5 Å². The summed E-state index contributed by atoms with van der Waals surface area (Å²) in [6.45, 7) is 6.52. The Morgan fingerprint density at radius 2 is 1.78 bits per heavy atom. The maximum atomic E-state index is 14.1. The Morgan fingerprint density at radius 1 is 1.09 bits per heavy atom. The molecule has 0 spiro atoms. The highest BCUT2D eigenvalue weighted by Crippen LogP contribution is 2.22. The standard InChI is InChI=1S/C25H31FN2O4/c1-25(2,3)24(30)28-15-21(32-17-19-7-5-6-8-22(19)26)14-27(23(29)16-28)13-18-9-11-20(31-4)12-10-18/h5-12,21H,13-17H2,1-4H3. The summed E-state index contributed by atoms with van der Waals surface area (Å²) in [5, 5.41) is 0. The van der Waals surface area contributed by atoms with Gasteiger partial charge in [-0.15, -0.1) is 0 Å². The van der Waals surface area contributed by atoms with Crippen LogP contribution in [0.25, 0.3) is 0 Å². The number of amides is 2. The van der Waals surface area contributed by atoms with Crippen LogP contribution in [-0.4, -0.2) is 54.5 Å². The summed E-state index contributed by atoms with van der Waals surface area (Å²) in [7, 11) is 1.60. The summed E-state index contributed by atoms with van der Waals surface area (Å²) in [6, 6.07) is 13.9. The van der Waals surface area contributed by atoms with Gasteiger partial charge >= 0.3 is 0 Å². The molecule has 0 N–H and O–H groups in total. The summed E-state index contributed by atoms with van der Waals surface area (Å²) < 4.78 is 25.3. The number of hydrogen-bond acceptors (Lipinski definition) is 4. The minimum Gasteiger partial charge on any atom is -0.497 e. The molecule has 1 heterocycles. The second-order valence-corrected chi connectivity index (χ2v) is 9.08. The number of halogens is 1. The van der Waals surface area contributed by atoms with E-state index in [1.54, 1.807) is 35.1 Å². The lowest BCUT2D eigenvalue weighted by atomic mass is 9.94. The quantitative estimate of drug-likeness (QED) is 0.686. The molecule has 0 aliphatic carbocycles. The zero-order valence-corrected chi connectivity index (χ0v) is 19.1. The second kappa shape index (κ2) is 10.1. The molecule has 3 rings (SSSR count). The van der Waals surface area contributed by atoms with Gasteiger partial charge in [0.1, 0.15) is 11.6 Å². The van der Waals surface area contributed by atoms with Gasteiger partial charge in [-0.2, -0.15) is 0 Å². The van der Waals surface area contributed by atoms with Crippen molar-refractivity contribution in [1.82, 2.24) is 9.80 Å². The van der Waals surface area contributed by atoms with E-state index in [2.05, 4.69) is 0 Å². The smallest absolute Gasteiger partial charge is 0.242 e. The lowest BCUT2D eigenvalue weighted by Gasteiger charge is -2.29. The van der Waals surface area contributed by atoms with Gasteiger partial charge in [0.2, 0.25) is 11.8 Å². The number of methoxy groups -OCH3 is 1. The van der Waals surface area contributed by atoms with E-state index in [1.165, 1.54) is 6.07 Å². The number of ether oxygens (including phenoxy) is 2. The lowest BCUT2D eigenvalue weighted by Crippen LogP contribution is -2.45. The molecule has 0 aromatic heterocycles. The van der Waals surface area contributed by atoms with Crippen molar-refractivity contribution < 1.29 is 23.5 Å². The lowest BCUT2D eigenvalue weighted by molar-refractivity contribution is -0.144. The minimum absolute atomic E-state index is 0.00812. The van der Waals surface area contributed by atoms with Crippen LogP contribution in [0.15, 0.2) is 48.5 Å².